The van der Waals surface area contributed by atoms with Gasteiger partial charge in [-0.05, 0) is 12.2 Å². The Morgan fingerprint density at radius 1 is 1.75 bits per heavy atom. The molecule has 0 saturated heterocycles. The second-order valence-corrected chi connectivity index (χ2v) is 2.25. The van der Waals surface area contributed by atoms with Crippen LogP contribution in [0, 0.1) is 5.41 Å². The van der Waals surface area contributed by atoms with Crippen molar-refractivity contribution in [3.8, 4) is 0 Å². The van der Waals surface area contributed by atoms with Crippen LogP contribution in [0.25, 0.3) is 0 Å². The molecule has 48 valence electrons. The molecule has 0 aromatic heterocycles. The molecule has 0 unspecified atom stereocenters. The van der Waals surface area contributed by atoms with Gasteiger partial charge >= 0.3 is 0 Å². The summed E-state index contributed by atoms with van der Waals surface area (Å²) in [5.41, 5.74) is 0. The van der Waals surface area contributed by atoms with Gasteiger partial charge in [-0.25, -0.2) is 13.8 Å². The van der Waals surface area contributed by atoms with Crippen LogP contribution in [0.1, 0.15) is 6.92 Å². The van der Waals surface area contributed by atoms with Gasteiger partial charge in [-0.1, -0.05) is 6.92 Å². The maximum absolute atomic E-state index is 9.41. The van der Waals surface area contributed by atoms with Crippen molar-refractivity contribution in [1.82, 2.24) is 0 Å². The van der Waals surface area contributed by atoms with Crippen molar-refractivity contribution in [2.24, 2.45) is 0 Å². The number of hydrogen-bond donors (Lipinski definition) is 2. The lowest BCUT2D eigenvalue weighted by atomic mass is 11.0. The Balaban J connectivity index is 0. The maximum Gasteiger partial charge on any atom is 0.139 e. The molecule has 0 aliphatic carbocycles. The minimum absolute atomic E-state index is 0.259. The minimum atomic E-state index is -2.10. The molecule has 0 spiro atoms. The van der Waals surface area contributed by atoms with E-state index in [-0.39, 0.29) is 5.75 Å². The summed E-state index contributed by atoms with van der Waals surface area (Å²) in [6, 6.07) is 0. The second kappa shape index (κ2) is 9.89. The largest absolute Gasteiger partial charge is 0.248 e. The minimum Gasteiger partial charge on any atom is -0.248 e. The van der Waals surface area contributed by atoms with E-state index < -0.39 is 10.7 Å². The van der Waals surface area contributed by atoms with E-state index in [0.29, 0.717) is 0 Å². The average molecular weight is 153 g/mol. The summed E-state index contributed by atoms with van der Waals surface area (Å²) in [6.07, 6.45) is 0. The highest BCUT2D eigenvalue weighted by atomic mass is 32.2. The molecule has 0 bridgehead atoms. The van der Waals surface area contributed by atoms with Gasteiger partial charge in [0.15, 0.2) is 0 Å². The standard InChI is InChI=1S/C2H6O2S.CHNS/c1-2-5(3)4;2-1-3/h5H,2H2,1H3;2H. The first-order valence-electron chi connectivity index (χ1n) is 1.84. The number of hydrogen-bond acceptors (Lipinski definition) is 4. The van der Waals surface area contributed by atoms with Gasteiger partial charge in [0.2, 0.25) is 0 Å². The van der Waals surface area contributed by atoms with Crippen molar-refractivity contribution in [2.45, 2.75) is 6.92 Å². The molecule has 0 aromatic rings. The molecule has 0 fully saturated rings. The van der Waals surface area contributed by atoms with Crippen LogP contribution < -0.4 is 0 Å². The Morgan fingerprint density at radius 2 is 1.88 bits per heavy atom. The third kappa shape index (κ3) is 42.4. The lowest BCUT2D eigenvalue weighted by Gasteiger charge is -1.60. The fourth-order valence-corrected chi connectivity index (χ4v) is 0. The molecule has 8 heavy (non-hydrogen) atoms. The van der Waals surface area contributed by atoms with Crippen LogP contribution in [0.4, 0.5) is 0 Å². The highest BCUT2D eigenvalue weighted by molar-refractivity contribution is 7.78. The lowest BCUT2D eigenvalue weighted by molar-refractivity contribution is 0.615. The molecular weight excluding hydrogens is 146 g/mol. The van der Waals surface area contributed by atoms with Crippen molar-refractivity contribution in [2.75, 3.05) is 5.75 Å². The van der Waals surface area contributed by atoms with Crippen LogP contribution in [-0.2, 0) is 10.7 Å². The monoisotopic (exact) mass is 153 g/mol. The van der Waals surface area contributed by atoms with Crippen LogP contribution in [0.2, 0.25) is 0 Å². The Hall–Kier alpha value is -0.250. The predicted octanol–water partition coefficient (Wildman–Crippen LogP) is 0.286. The molecule has 1 N–H and O–H groups in total. The summed E-state index contributed by atoms with van der Waals surface area (Å²) in [5, 5.41) is 7.36. The molecule has 0 heterocycles. The van der Waals surface area contributed by atoms with Gasteiger partial charge in [-0.2, -0.15) is 0 Å². The normalized spacial score (nSPS) is 6.75. The first-order chi connectivity index (χ1) is 3.68. The van der Waals surface area contributed by atoms with E-state index in [0.717, 1.165) is 0 Å². The van der Waals surface area contributed by atoms with Crippen molar-refractivity contribution >= 4 is 28.1 Å². The Bertz CT molecular complexity index is 126. The van der Waals surface area contributed by atoms with E-state index in [1.807, 2.05) is 0 Å². The molecule has 3 nitrogen and oxygen atoms in total. The summed E-state index contributed by atoms with van der Waals surface area (Å²) in [6.45, 7) is 1.60. The molecule has 0 amide bonds. The summed E-state index contributed by atoms with van der Waals surface area (Å²) in [5.74, 6) is 0.259. The van der Waals surface area contributed by atoms with Gasteiger partial charge in [-0.15, -0.1) is 0 Å². The highest BCUT2D eigenvalue weighted by Gasteiger charge is 1.65. The lowest BCUT2D eigenvalue weighted by Crippen LogP contribution is -1.73. The topological polar surface area (TPSA) is 58.0 Å². The fraction of sp³-hybridized carbons (Fsp3) is 0.667. The summed E-state index contributed by atoms with van der Waals surface area (Å²) in [4.78, 5) is 0. The smallest absolute Gasteiger partial charge is 0.139 e. The second-order valence-electron chi connectivity index (χ2n) is 0.751. The Kier molecular flexibility index (Phi) is 13.2. The molecule has 0 rings (SSSR count). The number of nitrogens with one attached hydrogen (secondary N) is 1. The van der Waals surface area contributed by atoms with Crippen LogP contribution in [0.3, 0.4) is 0 Å². The number of thiol groups is 1. The fourth-order valence-electron chi connectivity index (χ4n) is 0. The Labute approximate surface area is 55.2 Å². The highest BCUT2D eigenvalue weighted by Crippen LogP contribution is 1.53. The third-order valence-corrected chi connectivity index (χ3v) is 0.775. The van der Waals surface area contributed by atoms with Crippen LogP contribution in [0.15, 0.2) is 0 Å². The van der Waals surface area contributed by atoms with Crippen LogP contribution in [-0.4, -0.2) is 19.3 Å². The van der Waals surface area contributed by atoms with E-state index >= 15 is 0 Å². The number of rotatable bonds is 1. The van der Waals surface area contributed by atoms with E-state index in [2.05, 4.69) is 12.2 Å². The molecule has 5 heteroatoms. The van der Waals surface area contributed by atoms with Gasteiger partial charge in [-0.3, -0.25) is 0 Å². The summed E-state index contributed by atoms with van der Waals surface area (Å²) < 4.78 is 18.8. The predicted molar refractivity (Wildman–Crippen MR) is 36.2 cm³/mol. The SMILES string of the molecule is CC[SH](=O)=O.N=C=S. The summed E-state index contributed by atoms with van der Waals surface area (Å²) >= 11 is 3.81. The van der Waals surface area contributed by atoms with Crippen molar-refractivity contribution in [3.63, 3.8) is 0 Å². The number of isothiocyanates is 1. The van der Waals surface area contributed by atoms with E-state index in [4.69, 9.17) is 5.41 Å². The zero-order valence-corrected chi connectivity index (χ0v) is 6.09. The molecule has 0 saturated carbocycles. The average Bonchev–Trinajstić information content (AvgIpc) is 1.69. The molecule has 0 aliphatic rings. The van der Waals surface area contributed by atoms with Crippen LogP contribution >= 0.6 is 12.2 Å². The first kappa shape index (κ1) is 10.7. The van der Waals surface area contributed by atoms with Crippen molar-refractivity contribution < 1.29 is 8.42 Å². The Morgan fingerprint density at radius 3 is 1.88 bits per heavy atom. The molecule has 0 aromatic carbocycles. The maximum atomic E-state index is 9.41. The van der Waals surface area contributed by atoms with E-state index in [1.54, 1.807) is 12.1 Å². The van der Waals surface area contributed by atoms with Gasteiger partial charge in [0.05, 0.1) is 5.16 Å². The molecule has 0 radical (unpaired) electrons. The molecule has 0 aliphatic heterocycles. The summed E-state index contributed by atoms with van der Waals surface area (Å²) in [7, 11) is -2.10. The quantitative estimate of drug-likeness (QED) is 0.323. The zero-order valence-electron chi connectivity index (χ0n) is 4.38. The van der Waals surface area contributed by atoms with E-state index in [9.17, 15) is 8.42 Å². The van der Waals surface area contributed by atoms with Gasteiger partial charge in [0, 0.05) is 5.75 Å². The van der Waals surface area contributed by atoms with Crippen molar-refractivity contribution in [3.05, 3.63) is 0 Å². The first-order valence-corrected chi connectivity index (χ1v) is 3.61. The zero-order chi connectivity index (χ0) is 6.99. The van der Waals surface area contributed by atoms with E-state index in [1.165, 1.54) is 0 Å². The third-order valence-electron chi connectivity index (χ3n) is 0.258. The number of thiocarbonyl (C=S) groups is 1. The van der Waals surface area contributed by atoms with Gasteiger partial charge in [0.25, 0.3) is 0 Å². The molecular formula is C3H7NO2S2. The van der Waals surface area contributed by atoms with Gasteiger partial charge < -0.3 is 0 Å². The molecule has 0 atom stereocenters. The van der Waals surface area contributed by atoms with Crippen molar-refractivity contribution in [1.29, 1.82) is 5.41 Å². The van der Waals surface area contributed by atoms with Gasteiger partial charge in [0.1, 0.15) is 10.7 Å². The van der Waals surface area contributed by atoms with Crippen LogP contribution in [0.5, 0.6) is 0 Å².